The normalized spacial score (nSPS) is 15.2. The van der Waals surface area contributed by atoms with Crippen LogP contribution in [0, 0.1) is 6.92 Å². The Bertz CT molecular complexity index is 1610. The number of aryl methyl sites for hydroxylation is 1. The maximum absolute atomic E-state index is 13.4. The number of hydrogen-bond acceptors (Lipinski definition) is 8. The molecule has 37 heavy (non-hydrogen) atoms. The lowest BCUT2D eigenvalue weighted by molar-refractivity contribution is -0.113. The first-order valence-corrected chi connectivity index (χ1v) is 11.6. The first-order valence-electron chi connectivity index (χ1n) is 11.2. The number of nitrogens with zero attached hydrogens (tertiary/aromatic N) is 3. The van der Waals surface area contributed by atoms with Crippen molar-refractivity contribution in [2.45, 2.75) is 19.9 Å². The van der Waals surface area contributed by atoms with E-state index in [1.807, 2.05) is 25.1 Å². The third-order valence-electron chi connectivity index (χ3n) is 5.70. The number of hydrogen-bond donors (Lipinski definition) is 4. The van der Waals surface area contributed by atoms with Crippen LogP contribution in [0.1, 0.15) is 34.5 Å². The number of carbonyl (C=O) groups excluding carboxylic acids is 1. The van der Waals surface area contributed by atoms with Crippen molar-refractivity contribution in [1.82, 2.24) is 15.3 Å². The molecule has 2 aromatic carbocycles. The Labute approximate surface area is 216 Å². The van der Waals surface area contributed by atoms with Gasteiger partial charge >= 0.3 is 12.0 Å². The van der Waals surface area contributed by atoms with Crippen molar-refractivity contribution in [2.24, 2.45) is 4.99 Å². The number of aliphatic imine (C=N–C) groups is 1. The molecule has 1 amide bonds. The fraction of sp³-hybridized carbons (Fsp3) is 0.115. The molecule has 1 unspecified atom stereocenters. The first kappa shape index (κ1) is 24.0. The molecule has 0 aliphatic carbocycles. The van der Waals surface area contributed by atoms with Gasteiger partial charge in [0.25, 0.3) is 5.91 Å². The summed E-state index contributed by atoms with van der Waals surface area (Å²) in [6, 6.07) is 14.9. The number of oxazole rings is 1. The lowest BCUT2D eigenvalue weighted by atomic mass is 9.95. The van der Waals surface area contributed by atoms with E-state index in [-0.39, 0.29) is 23.0 Å². The molecule has 1 atom stereocenters. The molecule has 186 valence electrons. The van der Waals surface area contributed by atoms with Gasteiger partial charge in [-0.15, -0.1) is 0 Å². The largest absolute Gasteiger partial charge is 0.478 e. The zero-order chi connectivity index (χ0) is 26.1. The molecule has 10 nitrogen and oxygen atoms in total. The van der Waals surface area contributed by atoms with Crippen molar-refractivity contribution in [2.75, 3.05) is 10.6 Å². The molecule has 0 fully saturated rings. The maximum Gasteiger partial charge on any atom is 0.335 e. The second-order valence-corrected chi connectivity index (χ2v) is 8.78. The van der Waals surface area contributed by atoms with Crippen molar-refractivity contribution < 1.29 is 19.1 Å². The molecule has 3 heterocycles. The number of allylic oxidation sites excluding steroid dienone is 1. The zero-order valence-electron chi connectivity index (χ0n) is 19.7. The summed E-state index contributed by atoms with van der Waals surface area (Å²) in [4.78, 5) is 37.9. The summed E-state index contributed by atoms with van der Waals surface area (Å²) in [7, 11) is 0. The van der Waals surface area contributed by atoms with E-state index in [0.29, 0.717) is 33.3 Å². The maximum atomic E-state index is 13.4. The number of amides is 1. The van der Waals surface area contributed by atoms with Gasteiger partial charge < -0.3 is 20.2 Å². The predicted molar refractivity (Wildman–Crippen MR) is 140 cm³/mol. The Hall–Kier alpha value is -4.70. The number of pyridine rings is 1. The summed E-state index contributed by atoms with van der Waals surface area (Å²) >= 11 is 6.49. The second-order valence-electron chi connectivity index (χ2n) is 8.37. The monoisotopic (exact) mass is 516 g/mol. The fourth-order valence-electron chi connectivity index (χ4n) is 3.96. The van der Waals surface area contributed by atoms with Crippen LogP contribution in [0.25, 0.3) is 11.1 Å². The van der Waals surface area contributed by atoms with E-state index in [1.165, 1.54) is 18.3 Å². The molecule has 1 aliphatic heterocycles. The number of nitrogens with one attached hydrogen (secondary N) is 3. The van der Waals surface area contributed by atoms with Crippen molar-refractivity contribution in [1.29, 1.82) is 0 Å². The fourth-order valence-corrected chi connectivity index (χ4v) is 4.20. The average molecular weight is 517 g/mol. The van der Waals surface area contributed by atoms with E-state index in [9.17, 15) is 14.7 Å². The van der Waals surface area contributed by atoms with Gasteiger partial charge in [0.05, 0.1) is 11.1 Å². The first-order chi connectivity index (χ1) is 17.8. The highest BCUT2D eigenvalue weighted by atomic mass is 35.5. The van der Waals surface area contributed by atoms with Gasteiger partial charge in [-0.25, -0.2) is 14.8 Å². The molecule has 0 saturated heterocycles. The summed E-state index contributed by atoms with van der Waals surface area (Å²) in [5, 5.41) is 18.5. The lowest BCUT2D eigenvalue weighted by Gasteiger charge is -2.26. The Morgan fingerprint density at radius 2 is 1.92 bits per heavy atom. The highest BCUT2D eigenvalue weighted by Crippen LogP contribution is 2.35. The van der Waals surface area contributed by atoms with E-state index in [0.717, 1.165) is 5.56 Å². The molecule has 5 rings (SSSR count). The molecule has 0 spiro atoms. The van der Waals surface area contributed by atoms with E-state index in [2.05, 4.69) is 25.9 Å². The van der Waals surface area contributed by atoms with Gasteiger partial charge in [-0.2, -0.15) is 4.98 Å². The van der Waals surface area contributed by atoms with Crippen LogP contribution in [0.5, 0.6) is 0 Å². The topological polar surface area (TPSA) is 142 Å². The summed E-state index contributed by atoms with van der Waals surface area (Å²) in [5.41, 5.74) is 3.75. The third-order valence-corrected chi connectivity index (χ3v) is 6.05. The van der Waals surface area contributed by atoms with Gasteiger partial charge in [-0.05, 0) is 49.7 Å². The van der Waals surface area contributed by atoms with E-state index >= 15 is 0 Å². The minimum atomic E-state index is -1.13. The summed E-state index contributed by atoms with van der Waals surface area (Å²) < 4.78 is 5.81. The number of carbonyl (C=O) groups is 2. The van der Waals surface area contributed by atoms with Crippen molar-refractivity contribution in [3.8, 4) is 0 Å². The molecule has 0 bridgehead atoms. The predicted octanol–water partition coefficient (Wildman–Crippen LogP) is 4.91. The number of carboxylic acid groups (broad SMARTS) is 1. The van der Waals surface area contributed by atoms with Crippen LogP contribution in [0.3, 0.4) is 0 Å². The minimum absolute atomic E-state index is 0.00143. The molecule has 1 aliphatic rings. The molecular weight excluding hydrogens is 496 g/mol. The summed E-state index contributed by atoms with van der Waals surface area (Å²) in [5.74, 6) is -1.23. The van der Waals surface area contributed by atoms with Crippen molar-refractivity contribution >= 4 is 52.4 Å². The number of fused-ring (bicyclic) bond motifs is 1. The van der Waals surface area contributed by atoms with Crippen LogP contribution < -0.4 is 16.0 Å². The van der Waals surface area contributed by atoms with Gasteiger partial charge in [0.2, 0.25) is 5.96 Å². The number of rotatable bonds is 5. The lowest BCUT2D eigenvalue weighted by Crippen LogP contribution is -2.37. The van der Waals surface area contributed by atoms with Crippen molar-refractivity contribution in [3.63, 3.8) is 0 Å². The van der Waals surface area contributed by atoms with Crippen LogP contribution in [0.4, 0.5) is 11.8 Å². The molecule has 4 N–H and O–H groups in total. The standard InChI is InChI=1S/C26H21ClN6O4/c1-13-7-8-18-19(11-13)37-26(30-18)33-25-29-14(2)21(22(32-25)16-5-3-4-6-17(16)27)23(34)31-20-12-15(24(35)36)9-10-28-20/h3-12,22H,1-2H3,(H,35,36)(H,28,31,34)(H2,29,30,32,33). The second kappa shape index (κ2) is 9.75. The van der Waals surface area contributed by atoms with Crippen LogP contribution in [-0.4, -0.2) is 32.9 Å². The molecule has 11 heteroatoms. The average Bonchev–Trinajstić information content (AvgIpc) is 3.25. The Morgan fingerprint density at radius 3 is 2.70 bits per heavy atom. The van der Waals surface area contributed by atoms with Crippen LogP contribution in [-0.2, 0) is 4.79 Å². The molecule has 0 radical (unpaired) electrons. The Kier molecular flexibility index (Phi) is 6.33. The van der Waals surface area contributed by atoms with Crippen LogP contribution in [0.2, 0.25) is 5.02 Å². The Balaban J connectivity index is 1.48. The number of halogens is 1. The smallest absolute Gasteiger partial charge is 0.335 e. The van der Waals surface area contributed by atoms with E-state index in [1.54, 1.807) is 31.2 Å². The van der Waals surface area contributed by atoms with Gasteiger partial charge in [0, 0.05) is 22.5 Å². The number of anilines is 2. The highest BCUT2D eigenvalue weighted by Gasteiger charge is 2.31. The summed E-state index contributed by atoms with van der Waals surface area (Å²) in [6.45, 7) is 3.69. The highest BCUT2D eigenvalue weighted by molar-refractivity contribution is 6.31. The molecule has 0 saturated carbocycles. The van der Waals surface area contributed by atoms with Crippen LogP contribution in [0.15, 0.2) is 81.5 Å². The number of benzene rings is 2. The minimum Gasteiger partial charge on any atom is -0.478 e. The van der Waals surface area contributed by atoms with Gasteiger partial charge in [-0.1, -0.05) is 35.9 Å². The third kappa shape index (κ3) is 5.00. The van der Waals surface area contributed by atoms with Gasteiger partial charge in [0.1, 0.15) is 17.4 Å². The van der Waals surface area contributed by atoms with E-state index in [4.69, 9.17) is 21.0 Å². The quantitative estimate of drug-likeness (QED) is 0.293. The van der Waals surface area contributed by atoms with Crippen molar-refractivity contribution in [3.05, 3.63) is 93.8 Å². The van der Waals surface area contributed by atoms with Gasteiger partial charge in [-0.3, -0.25) is 10.1 Å². The number of carboxylic acids is 1. The molecular formula is C26H21ClN6O4. The molecule has 2 aromatic heterocycles. The number of aromatic carboxylic acids is 1. The van der Waals surface area contributed by atoms with E-state index < -0.39 is 17.9 Å². The van der Waals surface area contributed by atoms with Crippen LogP contribution >= 0.6 is 11.6 Å². The SMILES string of the molecule is CC1=C(C(=O)Nc2cc(C(=O)O)ccn2)C(c2ccccc2Cl)N=C(Nc2nc3ccc(C)cc3o2)N1. The molecule has 4 aromatic rings. The van der Waals surface area contributed by atoms with Gasteiger partial charge in [0.15, 0.2) is 5.58 Å². The summed E-state index contributed by atoms with van der Waals surface area (Å²) in [6.07, 6.45) is 1.31. The Morgan fingerprint density at radius 1 is 1.11 bits per heavy atom. The number of guanidine groups is 1. The number of aromatic nitrogens is 2. The zero-order valence-corrected chi connectivity index (χ0v) is 20.5.